The van der Waals surface area contributed by atoms with E-state index < -0.39 is 27.4 Å². The molecule has 0 spiro atoms. The zero-order chi connectivity index (χ0) is 25.5. The van der Waals surface area contributed by atoms with E-state index in [-0.39, 0.29) is 22.4 Å². The highest BCUT2D eigenvalue weighted by Crippen LogP contribution is 2.27. The van der Waals surface area contributed by atoms with Gasteiger partial charge < -0.3 is 4.74 Å². The second-order valence-electron chi connectivity index (χ2n) is 7.74. The zero-order valence-corrected chi connectivity index (χ0v) is 20.5. The maximum Gasteiger partial charge on any atom is 0.271 e. The fourth-order valence-corrected chi connectivity index (χ4v) is 5.25. The topological polar surface area (TPSA) is 131 Å². The standard InChI is InChI=1S/C24H22N4O6S2/c29-24(26-25-14-18-9-11-21(12-10-18)34-22-16-35-17-22)15-27(19-5-4-6-20(13-19)28(30)31)36(32,33)23-7-2-1-3-8-23/h1-14,22H,15-17H2,(H,26,29)/b25-14-. The maximum absolute atomic E-state index is 13.3. The lowest BCUT2D eigenvalue weighted by Gasteiger charge is -2.25. The fourth-order valence-electron chi connectivity index (χ4n) is 3.25. The number of rotatable bonds is 10. The van der Waals surface area contributed by atoms with Crippen molar-refractivity contribution in [2.75, 3.05) is 22.4 Å². The van der Waals surface area contributed by atoms with Crippen LogP contribution in [0, 0.1) is 10.1 Å². The molecule has 1 amide bonds. The third-order valence-electron chi connectivity index (χ3n) is 5.14. The number of carbonyl (C=O) groups excluding carboxylic acids is 1. The van der Waals surface area contributed by atoms with Gasteiger partial charge in [-0.25, -0.2) is 13.8 Å². The van der Waals surface area contributed by atoms with Gasteiger partial charge in [-0.1, -0.05) is 24.3 Å². The number of nitro benzene ring substituents is 1. The first kappa shape index (κ1) is 25.2. The molecule has 1 heterocycles. The largest absolute Gasteiger partial charge is 0.489 e. The lowest BCUT2D eigenvalue weighted by Crippen LogP contribution is -2.39. The molecule has 0 aliphatic carbocycles. The van der Waals surface area contributed by atoms with Gasteiger partial charge in [-0.3, -0.25) is 19.2 Å². The van der Waals surface area contributed by atoms with E-state index >= 15 is 0 Å². The molecule has 0 aromatic heterocycles. The van der Waals surface area contributed by atoms with Gasteiger partial charge in [0.2, 0.25) is 0 Å². The van der Waals surface area contributed by atoms with Crippen molar-refractivity contribution in [2.45, 2.75) is 11.0 Å². The van der Waals surface area contributed by atoms with Crippen LogP contribution in [-0.4, -0.2) is 49.6 Å². The molecule has 1 aliphatic rings. The fraction of sp³-hybridized carbons (Fsp3) is 0.167. The average molecular weight is 527 g/mol. The number of ether oxygens (including phenoxy) is 1. The summed E-state index contributed by atoms with van der Waals surface area (Å²) in [4.78, 5) is 23.2. The summed E-state index contributed by atoms with van der Waals surface area (Å²) < 4.78 is 33.2. The van der Waals surface area contributed by atoms with Crippen molar-refractivity contribution in [1.29, 1.82) is 0 Å². The van der Waals surface area contributed by atoms with Gasteiger partial charge in [0.15, 0.2) is 0 Å². The molecule has 3 aromatic carbocycles. The average Bonchev–Trinajstić information content (AvgIpc) is 2.86. The van der Waals surface area contributed by atoms with Crippen LogP contribution in [-0.2, 0) is 14.8 Å². The molecule has 12 heteroatoms. The van der Waals surface area contributed by atoms with Gasteiger partial charge in [0.25, 0.3) is 21.6 Å². The Bertz CT molecular complexity index is 1360. The number of non-ortho nitro benzene ring substituents is 1. The normalized spacial score (nSPS) is 13.7. The number of thioether (sulfide) groups is 1. The molecule has 36 heavy (non-hydrogen) atoms. The van der Waals surface area contributed by atoms with Crippen LogP contribution in [0.15, 0.2) is 88.9 Å². The molecule has 10 nitrogen and oxygen atoms in total. The Hall–Kier alpha value is -3.90. The third kappa shape index (κ3) is 6.20. The Kier molecular flexibility index (Phi) is 7.86. The predicted molar refractivity (Wildman–Crippen MR) is 138 cm³/mol. The van der Waals surface area contributed by atoms with Crippen molar-refractivity contribution in [1.82, 2.24) is 5.43 Å². The molecule has 0 atom stereocenters. The summed E-state index contributed by atoms with van der Waals surface area (Å²) >= 11 is 1.83. The van der Waals surface area contributed by atoms with Gasteiger partial charge in [0, 0.05) is 23.6 Å². The number of hydrogen-bond donors (Lipinski definition) is 1. The highest BCUT2D eigenvalue weighted by Gasteiger charge is 2.28. The summed E-state index contributed by atoms with van der Waals surface area (Å²) in [5.41, 5.74) is 2.70. The smallest absolute Gasteiger partial charge is 0.271 e. The van der Waals surface area contributed by atoms with Gasteiger partial charge in [-0.15, -0.1) is 0 Å². The molecule has 0 radical (unpaired) electrons. The first-order valence-corrected chi connectivity index (χ1v) is 13.4. The number of anilines is 1. The van der Waals surface area contributed by atoms with Gasteiger partial charge in [-0.2, -0.15) is 16.9 Å². The first-order chi connectivity index (χ1) is 17.3. The molecule has 4 rings (SSSR count). The summed E-state index contributed by atoms with van der Waals surface area (Å²) in [6.07, 6.45) is 1.65. The maximum atomic E-state index is 13.3. The Morgan fingerprint density at radius 2 is 1.83 bits per heavy atom. The number of amides is 1. The van der Waals surface area contributed by atoms with Crippen molar-refractivity contribution in [3.05, 3.63) is 94.5 Å². The summed E-state index contributed by atoms with van der Waals surface area (Å²) in [7, 11) is -4.20. The molecule has 186 valence electrons. The van der Waals surface area contributed by atoms with Crippen molar-refractivity contribution < 1.29 is 22.9 Å². The number of hydrazone groups is 1. The van der Waals surface area contributed by atoms with E-state index in [9.17, 15) is 23.3 Å². The molecule has 1 fully saturated rings. The van der Waals surface area contributed by atoms with Gasteiger partial charge in [0.1, 0.15) is 18.4 Å². The minimum Gasteiger partial charge on any atom is -0.489 e. The van der Waals surface area contributed by atoms with Crippen molar-refractivity contribution in [3.63, 3.8) is 0 Å². The molecule has 0 saturated carbocycles. The van der Waals surface area contributed by atoms with Crippen LogP contribution >= 0.6 is 11.8 Å². The second-order valence-corrected chi connectivity index (χ2v) is 10.7. The predicted octanol–water partition coefficient (Wildman–Crippen LogP) is 3.43. The molecule has 3 aromatic rings. The molecule has 1 N–H and O–H groups in total. The summed E-state index contributed by atoms with van der Waals surface area (Å²) in [6, 6.07) is 19.8. The van der Waals surface area contributed by atoms with E-state index in [4.69, 9.17) is 4.74 Å². The SMILES string of the molecule is O=C(CN(c1cccc([N+](=O)[O-])c1)S(=O)(=O)c1ccccc1)N/N=C\c1ccc(OC2CSC2)cc1. The minimum atomic E-state index is -4.20. The number of hydrogen-bond acceptors (Lipinski definition) is 8. The molecular weight excluding hydrogens is 504 g/mol. The number of sulfonamides is 1. The van der Waals surface area contributed by atoms with E-state index in [0.29, 0.717) is 5.56 Å². The lowest BCUT2D eigenvalue weighted by molar-refractivity contribution is -0.384. The Labute approximate surface area is 212 Å². The Morgan fingerprint density at radius 3 is 2.47 bits per heavy atom. The van der Waals surface area contributed by atoms with E-state index in [0.717, 1.165) is 27.6 Å². The van der Waals surface area contributed by atoms with E-state index in [2.05, 4.69) is 10.5 Å². The van der Waals surface area contributed by atoms with Crippen molar-refractivity contribution in [3.8, 4) is 5.75 Å². The van der Waals surface area contributed by atoms with Gasteiger partial charge in [-0.05, 0) is 48.0 Å². The van der Waals surface area contributed by atoms with Crippen LogP contribution < -0.4 is 14.5 Å². The molecule has 0 bridgehead atoms. The first-order valence-electron chi connectivity index (χ1n) is 10.8. The quantitative estimate of drug-likeness (QED) is 0.243. The zero-order valence-electron chi connectivity index (χ0n) is 18.9. The van der Waals surface area contributed by atoms with E-state index in [1.807, 2.05) is 23.9 Å². The number of benzene rings is 3. The van der Waals surface area contributed by atoms with Crippen molar-refractivity contribution >= 4 is 45.3 Å². The minimum absolute atomic E-state index is 0.0207. The molecule has 0 unspecified atom stereocenters. The van der Waals surface area contributed by atoms with E-state index in [1.54, 1.807) is 30.3 Å². The molecule has 1 saturated heterocycles. The number of nitrogens with zero attached hydrogens (tertiary/aromatic N) is 3. The van der Waals surface area contributed by atoms with Crippen LogP contribution in [0.4, 0.5) is 11.4 Å². The molecular formula is C24H22N4O6S2. The van der Waals surface area contributed by atoms with Crippen LogP contribution in [0.25, 0.3) is 0 Å². The van der Waals surface area contributed by atoms with Crippen LogP contribution in [0.5, 0.6) is 5.75 Å². The van der Waals surface area contributed by atoms with Crippen LogP contribution in [0.1, 0.15) is 5.56 Å². The Morgan fingerprint density at radius 1 is 1.11 bits per heavy atom. The Balaban J connectivity index is 1.48. The lowest BCUT2D eigenvalue weighted by atomic mass is 10.2. The highest BCUT2D eigenvalue weighted by molar-refractivity contribution is 8.00. The molecule has 1 aliphatic heterocycles. The number of nitro groups is 1. The van der Waals surface area contributed by atoms with Crippen LogP contribution in [0.2, 0.25) is 0 Å². The summed E-state index contributed by atoms with van der Waals surface area (Å²) in [6.45, 7) is -0.637. The summed E-state index contributed by atoms with van der Waals surface area (Å²) in [5.74, 6) is 1.98. The third-order valence-corrected chi connectivity index (χ3v) is 8.14. The number of nitrogens with one attached hydrogen (secondary N) is 1. The van der Waals surface area contributed by atoms with E-state index in [1.165, 1.54) is 36.5 Å². The monoisotopic (exact) mass is 526 g/mol. The van der Waals surface area contributed by atoms with Crippen molar-refractivity contribution in [2.24, 2.45) is 5.10 Å². The summed E-state index contributed by atoms with van der Waals surface area (Å²) in [5, 5.41) is 15.1. The number of carbonyl (C=O) groups is 1. The van der Waals surface area contributed by atoms with Crippen LogP contribution in [0.3, 0.4) is 0 Å². The van der Waals surface area contributed by atoms with Gasteiger partial charge in [0.05, 0.1) is 21.7 Å². The van der Waals surface area contributed by atoms with Gasteiger partial charge >= 0.3 is 0 Å². The second kappa shape index (κ2) is 11.2. The highest BCUT2D eigenvalue weighted by atomic mass is 32.2.